The van der Waals surface area contributed by atoms with E-state index in [1.807, 2.05) is 112 Å². The van der Waals surface area contributed by atoms with Gasteiger partial charge in [0.1, 0.15) is 48.6 Å². The maximum absolute atomic E-state index is 14.1. The number of piperidine rings is 1. The maximum atomic E-state index is 14.1. The summed E-state index contributed by atoms with van der Waals surface area (Å²) < 4.78 is 0. The van der Waals surface area contributed by atoms with Crippen molar-refractivity contribution in [2.24, 2.45) is 5.92 Å². The summed E-state index contributed by atoms with van der Waals surface area (Å²) in [6, 6.07) is 32.7. The van der Waals surface area contributed by atoms with Gasteiger partial charge in [0.15, 0.2) is 0 Å². The highest BCUT2D eigenvalue weighted by Crippen LogP contribution is 2.50. The van der Waals surface area contributed by atoms with Crippen LogP contribution in [0.5, 0.6) is 0 Å². The van der Waals surface area contributed by atoms with Gasteiger partial charge in [-0.05, 0) is 244 Å². The van der Waals surface area contributed by atoms with E-state index >= 15 is 0 Å². The smallest absolute Gasteiger partial charge is 0.231 e. The van der Waals surface area contributed by atoms with E-state index in [0.717, 1.165) is 239 Å². The number of rotatable bonds is 20. The average Bonchev–Trinajstić information content (AvgIpc) is 1.65. The van der Waals surface area contributed by atoms with E-state index in [4.69, 9.17) is 46.4 Å². The van der Waals surface area contributed by atoms with Crippen molar-refractivity contribution >= 4 is 93.3 Å². The van der Waals surface area contributed by atoms with E-state index in [2.05, 4.69) is 139 Å². The third-order valence-corrected chi connectivity index (χ3v) is 33.5. The zero-order chi connectivity index (χ0) is 97.1. The number of fused-ring (bicyclic) bond motifs is 4. The number of aromatic nitrogens is 8. The Morgan fingerprint density at radius 2 is 0.604 bits per heavy atom. The number of hydrogen-bond donors (Lipinski definition) is 4. The number of amides is 4. The minimum absolute atomic E-state index is 0.159. The molecule has 4 aromatic carbocycles. The van der Waals surface area contributed by atoms with E-state index in [0.29, 0.717) is 104 Å². The first-order valence-corrected chi connectivity index (χ1v) is 53.0. The predicted octanol–water partition coefficient (Wildman–Crippen LogP) is 15.1. The number of likely N-dealkylation sites (tertiary alicyclic amines) is 4. The number of aliphatic hydroxyl groups excluding tert-OH is 4. The van der Waals surface area contributed by atoms with E-state index in [9.17, 15) is 39.6 Å². The first-order valence-electron chi connectivity index (χ1n) is 51.5. The number of likely N-dealkylation sites (N-methyl/N-ethyl adjacent to an activating group) is 2. The Balaban J connectivity index is 0.000000123. The second-order valence-corrected chi connectivity index (χ2v) is 43.3. The average molecular weight is 1980 g/mol. The molecule has 16 atom stereocenters. The lowest BCUT2D eigenvalue weighted by molar-refractivity contribution is -0.135. The van der Waals surface area contributed by atoms with Crippen LogP contribution in [0.4, 0.5) is 23.3 Å². The summed E-state index contributed by atoms with van der Waals surface area (Å²) in [6.45, 7) is 32.6. The van der Waals surface area contributed by atoms with Crippen molar-refractivity contribution in [3.8, 4) is 0 Å². The van der Waals surface area contributed by atoms with Gasteiger partial charge in [-0.15, -0.1) is 0 Å². The summed E-state index contributed by atoms with van der Waals surface area (Å²) in [4.78, 5) is 119. The van der Waals surface area contributed by atoms with Crippen LogP contribution in [0.2, 0.25) is 20.1 Å². The molecule has 0 radical (unpaired) electrons. The predicted molar refractivity (Wildman–Crippen MR) is 545 cm³/mol. The Bertz CT molecular complexity index is 5410. The lowest BCUT2D eigenvalue weighted by atomic mass is 9.84. The van der Waals surface area contributed by atoms with Crippen molar-refractivity contribution in [2.75, 3.05) is 171 Å². The quantitative estimate of drug-likeness (QED) is 0.0551. The largest absolute Gasteiger partial charge is 0.387 e. The number of halogens is 4. The van der Waals surface area contributed by atoms with Crippen LogP contribution in [0.1, 0.15) is 284 Å². The highest BCUT2D eigenvalue weighted by molar-refractivity contribution is 6.31. The zero-order valence-electron chi connectivity index (χ0n) is 82.0. The van der Waals surface area contributed by atoms with Gasteiger partial charge in [0.2, 0.25) is 23.6 Å². The number of carbonyl (C=O) groups excluding carboxylic acids is 4. The minimum Gasteiger partial charge on any atom is -0.387 e. The van der Waals surface area contributed by atoms with E-state index in [-0.39, 0.29) is 95.1 Å². The van der Waals surface area contributed by atoms with Gasteiger partial charge in [0.05, 0.1) is 70.9 Å². The molecule has 4 N–H and O–H groups in total. The first kappa shape index (κ1) is 100. The molecule has 744 valence electrons. The van der Waals surface area contributed by atoms with Crippen molar-refractivity contribution in [3.05, 3.63) is 210 Å². The van der Waals surface area contributed by atoms with E-state index in [1.165, 1.54) is 19.3 Å². The van der Waals surface area contributed by atoms with E-state index in [1.54, 1.807) is 25.3 Å². The van der Waals surface area contributed by atoms with Crippen LogP contribution in [0.25, 0.3) is 0 Å². The molecule has 8 aromatic rings. The molecule has 21 rings (SSSR count). The van der Waals surface area contributed by atoms with Gasteiger partial charge in [-0.3, -0.25) is 33.9 Å². The monoisotopic (exact) mass is 1970 g/mol. The molecule has 4 amide bonds. The van der Waals surface area contributed by atoms with Gasteiger partial charge in [-0.25, -0.2) is 39.9 Å². The van der Waals surface area contributed by atoms with Gasteiger partial charge in [-0.2, -0.15) is 0 Å². The zero-order valence-corrected chi connectivity index (χ0v) is 85.0. The summed E-state index contributed by atoms with van der Waals surface area (Å²) in [5.41, 5.74) is 11.6. The van der Waals surface area contributed by atoms with Crippen LogP contribution in [0, 0.1) is 5.92 Å². The summed E-state index contributed by atoms with van der Waals surface area (Å²) in [5.74, 6) is 5.58. The molecule has 8 saturated heterocycles. The second kappa shape index (κ2) is 44.5. The van der Waals surface area contributed by atoms with Crippen LogP contribution >= 0.6 is 46.4 Å². The molecule has 13 aliphatic rings. The number of benzene rings is 4. The third kappa shape index (κ3) is 21.8. The van der Waals surface area contributed by atoms with E-state index < -0.39 is 24.4 Å². The number of nitrogens with zero attached hydrogens (tertiary/aromatic N) is 20. The van der Waals surface area contributed by atoms with Gasteiger partial charge < -0.3 is 64.5 Å². The SMILES string of the molecule is CC(C)N1CCC[C@H]1[C@@H](C(=O)N1CCN(c2ncnc3c2[C@H](C)C[C@H]3O)CC1)c1ccc(Cl)cc1.CCN1CCC[C@H]1[C@@H](C(=O)N1CCN(c2ncnc3c2[C@H](C)C[C@H]3O)CC1)c1ccc(Cl)cc1.C[C@@H]1C[C@@H](O)c2ncnc(N3CCN(C(=O)[C@@H](c4ccc(Cl)cc4)[C@@H]4CCCCN4C)CC3)c21.C[C@@H]1C[C@@H](O)c2ncnc(N3CCN(C(=O)[C@@H](c4ccc(Cl)cc4)[C@@H]4CCCN4CC4CC4)CC3)c21. The molecule has 139 heavy (non-hydrogen) atoms. The molecule has 1 saturated carbocycles. The van der Waals surface area contributed by atoms with Crippen LogP contribution in [-0.4, -0.2) is 304 Å². The summed E-state index contributed by atoms with van der Waals surface area (Å²) in [7, 11) is 2.14. The first-order chi connectivity index (χ1) is 67.2. The van der Waals surface area contributed by atoms with Crippen LogP contribution in [-0.2, 0) is 19.2 Å². The molecule has 32 heteroatoms. The summed E-state index contributed by atoms with van der Waals surface area (Å²) in [5, 5.41) is 44.2. The summed E-state index contributed by atoms with van der Waals surface area (Å²) >= 11 is 24.7. The van der Waals surface area contributed by atoms with Crippen molar-refractivity contribution in [1.29, 1.82) is 0 Å². The fourth-order valence-corrected chi connectivity index (χ4v) is 25.5. The highest BCUT2D eigenvalue weighted by atomic mass is 35.5. The lowest BCUT2D eigenvalue weighted by Gasteiger charge is -2.42. The Labute approximate surface area is 839 Å². The normalized spacial score (nSPS) is 26.4. The van der Waals surface area contributed by atoms with Crippen LogP contribution in [0.3, 0.4) is 0 Å². The molecule has 0 bridgehead atoms. The molecule has 28 nitrogen and oxygen atoms in total. The molecule has 4 aromatic heterocycles. The van der Waals surface area contributed by atoms with Gasteiger partial charge in [0.25, 0.3) is 0 Å². The van der Waals surface area contributed by atoms with Crippen molar-refractivity contribution < 1.29 is 39.6 Å². The molecule has 12 heterocycles. The molecule has 0 unspecified atom stereocenters. The highest BCUT2D eigenvalue weighted by Gasteiger charge is 2.48. The Morgan fingerprint density at radius 1 is 0.331 bits per heavy atom. The maximum Gasteiger partial charge on any atom is 0.231 e. The van der Waals surface area contributed by atoms with Gasteiger partial charge >= 0.3 is 0 Å². The van der Waals surface area contributed by atoms with Crippen LogP contribution in [0.15, 0.2) is 122 Å². The van der Waals surface area contributed by atoms with Crippen molar-refractivity contribution in [3.63, 3.8) is 0 Å². The minimum atomic E-state index is -0.514. The number of piperazine rings is 4. The molecular formula is C107H140Cl4N20O8. The molecule has 8 aliphatic heterocycles. The van der Waals surface area contributed by atoms with Gasteiger partial charge in [-0.1, -0.05) is 136 Å². The fraction of sp³-hybridized carbons (Fsp3) is 0.589. The Hall–Kier alpha value is -8.88. The molecule has 9 fully saturated rings. The topological polar surface area (TPSA) is 291 Å². The van der Waals surface area contributed by atoms with Gasteiger partial charge in [0, 0.05) is 184 Å². The Kier molecular flexibility index (Phi) is 32.1. The number of carbonyl (C=O) groups is 4. The number of aliphatic hydroxyl groups is 4. The molecule has 5 aliphatic carbocycles. The molecule has 0 spiro atoms. The fourth-order valence-electron chi connectivity index (χ4n) is 25.0. The van der Waals surface area contributed by atoms with Crippen molar-refractivity contribution in [1.82, 2.24) is 79.1 Å². The standard InChI is InChI=1S/C28H36ClN5O2.C27H36ClN5O2.2C26H34ClN5O2/c1-18-15-23(35)26-24(18)27(31-17-30-26)32-11-13-33(14-12-32)28(36)25(20-6-8-21(29)9-7-20)22-3-2-10-34(22)16-19-4-5-19;1-17(2)33-10-4-5-21(33)24(19-6-8-20(28)9-7-19)27(35)32-13-11-31(12-14-32)26-23-18(3)15-22(34)25(23)29-16-30-26;1-17-15-21(33)24-22(17)25(29-16-28-24)31-11-13-32(14-12-31)26(34)23(18-6-8-19(27)9-7-18)20-5-3-4-10-30(20)2;1-3-30-10-4-5-20(30)23(18-6-8-19(27)9-7-18)26(34)32-13-11-31(12-14-32)25-22-17(2)15-21(33)24(22)28-16-29-25/h6-9,17-19,22-23,25,35H,2-5,10-16H2,1H3;6-9,16-18,21-22,24,34H,4-5,10-15H2,1-3H3;2*6-9,16-17,20-21,23,33H,3-5,10-15H2,1-2H3/t18-,22+,23-,25+;18-,21+,22-,24+;2*17-,20+,21-,23+/m1111/s1. The number of hydrogen-bond acceptors (Lipinski definition) is 24. The lowest BCUT2D eigenvalue weighted by Crippen LogP contribution is -2.53. The van der Waals surface area contributed by atoms with Crippen molar-refractivity contribution in [2.45, 2.75) is 247 Å². The second-order valence-electron chi connectivity index (χ2n) is 41.5. The Morgan fingerprint density at radius 3 is 0.899 bits per heavy atom. The number of anilines is 4. The summed E-state index contributed by atoms with van der Waals surface area (Å²) in [6.07, 6.45) is 19.5. The third-order valence-electron chi connectivity index (χ3n) is 32.5. The van der Waals surface area contributed by atoms with Crippen LogP contribution < -0.4 is 19.6 Å². The molecular weight excluding hydrogens is 1840 g/mol.